The molecule has 0 amide bonds. The second-order valence-corrected chi connectivity index (χ2v) is 8.68. The molecule has 0 aliphatic rings. The third-order valence-corrected chi connectivity index (χ3v) is 5.36. The van der Waals surface area contributed by atoms with E-state index in [-0.39, 0.29) is 11.4 Å². The van der Waals surface area contributed by atoms with Crippen LogP contribution in [-0.2, 0) is 0 Å². The van der Waals surface area contributed by atoms with Crippen LogP contribution >= 0.6 is 0 Å². The first-order valence-electron chi connectivity index (χ1n) is 11.1. The fraction of sp³-hybridized carbons (Fsp3) is 0.296. The molecule has 3 aromatic carbocycles. The molecule has 0 fully saturated rings. The largest absolute Gasteiger partial charge is 0.481 e. The molecular weight excluding hydrogens is 418 g/mol. The van der Waals surface area contributed by atoms with Crippen molar-refractivity contribution >= 4 is 11.7 Å². The number of nitro benzene ring substituents is 1. The number of aryl methyl sites for hydroxylation is 1. The lowest BCUT2D eigenvalue weighted by molar-refractivity contribution is -0.386. The summed E-state index contributed by atoms with van der Waals surface area (Å²) in [5.41, 5.74) is 2.41. The van der Waals surface area contributed by atoms with Gasteiger partial charge in [0, 0.05) is 6.07 Å². The summed E-state index contributed by atoms with van der Waals surface area (Å²) in [7, 11) is 0. The number of esters is 1. The number of ether oxygens (including phenoxy) is 2. The molecule has 6 nitrogen and oxygen atoms in total. The monoisotopic (exact) mass is 447 g/mol. The Labute approximate surface area is 194 Å². The molecule has 0 bridgehead atoms. The fourth-order valence-corrected chi connectivity index (χ4v) is 3.45. The van der Waals surface area contributed by atoms with Crippen LogP contribution in [0.5, 0.6) is 11.5 Å². The van der Waals surface area contributed by atoms with Crippen molar-refractivity contribution in [2.45, 2.75) is 52.6 Å². The molecule has 3 rings (SSSR count). The molecule has 3 aromatic rings. The van der Waals surface area contributed by atoms with Gasteiger partial charge in [-0.05, 0) is 75.1 Å². The maximum absolute atomic E-state index is 12.3. The van der Waals surface area contributed by atoms with E-state index in [4.69, 9.17) is 9.47 Å². The van der Waals surface area contributed by atoms with Gasteiger partial charge in [-0.15, -0.1) is 0 Å². The van der Waals surface area contributed by atoms with Crippen molar-refractivity contribution in [1.82, 2.24) is 0 Å². The normalized spacial score (nSPS) is 11.2. The molecule has 0 aliphatic carbocycles. The van der Waals surface area contributed by atoms with Crippen molar-refractivity contribution in [1.29, 1.82) is 0 Å². The van der Waals surface area contributed by atoms with Gasteiger partial charge in [0.2, 0.25) is 0 Å². The highest BCUT2D eigenvalue weighted by Crippen LogP contribution is 2.36. The van der Waals surface area contributed by atoms with Gasteiger partial charge in [0.05, 0.1) is 10.5 Å². The van der Waals surface area contributed by atoms with E-state index in [1.54, 1.807) is 48.5 Å². The lowest BCUT2D eigenvalue weighted by Crippen LogP contribution is -2.28. The lowest BCUT2D eigenvalue weighted by Gasteiger charge is -2.26. The van der Waals surface area contributed by atoms with Crippen LogP contribution in [0.15, 0.2) is 66.7 Å². The van der Waals surface area contributed by atoms with Crippen LogP contribution < -0.4 is 9.47 Å². The minimum absolute atomic E-state index is 0.0769. The number of benzene rings is 3. The summed E-state index contributed by atoms with van der Waals surface area (Å²) in [4.78, 5) is 23.6. The van der Waals surface area contributed by atoms with Crippen LogP contribution in [0.4, 0.5) is 5.69 Å². The maximum Gasteiger partial charge on any atom is 0.343 e. The van der Waals surface area contributed by atoms with Crippen LogP contribution in [0.2, 0.25) is 0 Å². The summed E-state index contributed by atoms with van der Waals surface area (Å²) in [5, 5.41) is 11.7. The summed E-state index contributed by atoms with van der Waals surface area (Å²) in [6.45, 7) is 7.93. The van der Waals surface area contributed by atoms with Crippen molar-refractivity contribution in [3.8, 4) is 22.6 Å². The first-order valence-corrected chi connectivity index (χ1v) is 11.1. The Morgan fingerprint density at radius 2 is 1.61 bits per heavy atom. The van der Waals surface area contributed by atoms with Crippen molar-refractivity contribution in [2.24, 2.45) is 0 Å². The van der Waals surface area contributed by atoms with Crippen LogP contribution in [0.3, 0.4) is 0 Å². The van der Waals surface area contributed by atoms with E-state index >= 15 is 0 Å². The third-order valence-electron chi connectivity index (χ3n) is 5.36. The number of hydrogen-bond acceptors (Lipinski definition) is 5. The smallest absolute Gasteiger partial charge is 0.343 e. The zero-order valence-electron chi connectivity index (χ0n) is 19.5. The van der Waals surface area contributed by atoms with Crippen LogP contribution in [0.25, 0.3) is 11.1 Å². The Morgan fingerprint density at radius 1 is 0.970 bits per heavy atom. The minimum atomic E-state index is -0.495. The van der Waals surface area contributed by atoms with Gasteiger partial charge >= 0.3 is 11.7 Å². The van der Waals surface area contributed by atoms with Gasteiger partial charge in [0.25, 0.3) is 0 Å². The van der Waals surface area contributed by atoms with Gasteiger partial charge in [-0.25, -0.2) is 4.79 Å². The Morgan fingerprint density at radius 3 is 2.21 bits per heavy atom. The van der Waals surface area contributed by atoms with E-state index in [1.165, 1.54) is 6.07 Å². The van der Waals surface area contributed by atoms with Gasteiger partial charge in [0.15, 0.2) is 5.75 Å². The number of hydrogen-bond donors (Lipinski definition) is 0. The van der Waals surface area contributed by atoms with E-state index in [2.05, 4.69) is 6.92 Å². The number of unbranched alkanes of at least 4 members (excludes halogenated alkanes) is 1. The fourth-order valence-electron chi connectivity index (χ4n) is 3.45. The molecule has 0 spiro atoms. The zero-order valence-corrected chi connectivity index (χ0v) is 19.5. The van der Waals surface area contributed by atoms with Crippen molar-refractivity contribution in [3.05, 3.63) is 88.0 Å². The number of nitrogens with zero attached hydrogens (tertiary/aromatic N) is 1. The van der Waals surface area contributed by atoms with Crippen LogP contribution in [0, 0.1) is 17.0 Å². The summed E-state index contributed by atoms with van der Waals surface area (Å²) in [5.74, 6) is 0.218. The van der Waals surface area contributed by atoms with Crippen LogP contribution in [0.1, 0.15) is 56.0 Å². The molecular formula is C27H29NO5. The molecule has 0 heterocycles. The molecule has 172 valence electrons. The molecule has 6 heteroatoms. The number of rotatable bonds is 9. The molecule has 33 heavy (non-hydrogen) atoms. The molecule has 0 saturated carbocycles. The Kier molecular flexibility index (Phi) is 7.48. The van der Waals surface area contributed by atoms with Crippen molar-refractivity contribution in [3.63, 3.8) is 0 Å². The van der Waals surface area contributed by atoms with E-state index in [0.717, 1.165) is 30.4 Å². The van der Waals surface area contributed by atoms with Gasteiger partial charge in [-0.1, -0.05) is 49.2 Å². The second-order valence-electron chi connectivity index (χ2n) is 8.68. The number of carbonyl (C=O) groups is 1. The van der Waals surface area contributed by atoms with E-state index in [1.807, 2.05) is 32.9 Å². The summed E-state index contributed by atoms with van der Waals surface area (Å²) in [6, 6.07) is 19.0. The van der Waals surface area contributed by atoms with Gasteiger partial charge in [-0.3, -0.25) is 10.1 Å². The highest BCUT2D eigenvalue weighted by molar-refractivity contribution is 5.91. The highest BCUT2D eigenvalue weighted by Gasteiger charge is 2.25. The maximum atomic E-state index is 12.3. The third kappa shape index (κ3) is 6.42. The lowest BCUT2D eigenvalue weighted by atomic mass is 10.0. The molecule has 0 unspecified atom stereocenters. The van der Waals surface area contributed by atoms with Crippen molar-refractivity contribution < 1.29 is 19.2 Å². The van der Waals surface area contributed by atoms with E-state index < -0.39 is 16.5 Å². The van der Waals surface area contributed by atoms with Crippen LogP contribution in [-0.4, -0.2) is 16.5 Å². The molecule has 0 aromatic heterocycles. The summed E-state index contributed by atoms with van der Waals surface area (Å²) < 4.78 is 11.4. The number of nitro groups is 1. The SMILES string of the molecule is CCCCC(C)(C)Oc1ccc(-c2ccc(OC(=O)c3ccc(C)cc3)cc2)cc1[N+](=O)[O-]. The van der Waals surface area contributed by atoms with Gasteiger partial charge in [0.1, 0.15) is 11.4 Å². The van der Waals surface area contributed by atoms with Gasteiger partial charge in [-0.2, -0.15) is 0 Å². The Balaban J connectivity index is 1.77. The van der Waals surface area contributed by atoms with E-state index in [9.17, 15) is 14.9 Å². The first-order chi connectivity index (χ1) is 15.7. The predicted molar refractivity (Wildman–Crippen MR) is 129 cm³/mol. The Bertz CT molecular complexity index is 1120. The molecule has 0 radical (unpaired) electrons. The summed E-state index contributed by atoms with van der Waals surface area (Å²) in [6.07, 6.45) is 2.83. The Hall–Kier alpha value is -3.67. The molecule has 0 atom stereocenters. The highest BCUT2D eigenvalue weighted by atomic mass is 16.6. The average molecular weight is 448 g/mol. The first kappa shape index (κ1) is 24.0. The quantitative estimate of drug-likeness (QED) is 0.151. The molecule has 0 aliphatic heterocycles. The topological polar surface area (TPSA) is 78.7 Å². The minimum Gasteiger partial charge on any atom is -0.481 e. The predicted octanol–water partition coefficient (Wildman–Crippen LogP) is 7.14. The molecule has 0 saturated heterocycles. The summed E-state index contributed by atoms with van der Waals surface area (Å²) >= 11 is 0. The number of carbonyl (C=O) groups excluding carboxylic acids is 1. The van der Waals surface area contributed by atoms with Crippen molar-refractivity contribution in [2.75, 3.05) is 0 Å². The molecule has 0 N–H and O–H groups in total. The van der Waals surface area contributed by atoms with E-state index in [0.29, 0.717) is 16.9 Å². The van der Waals surface area contributed by atoms with Gasteiger partial charge < -0.3 is 9.47 Å². The second kappa shape index (κ2) is 10.3. The zero-order chi connectivity index (χ0) is 24.0. The standard InChI is InChI=1S/C27H29NO5/c1-5-6-17-27(3,4)33-25-16-13-22(18-24(25)28(30)31)20-11-14-23(15-12-20)32-26(29)21-9-7-19(2)8-10-21/h7-16,18H,5-6,17H2,1-4H3. The average Bonchev–Trinajstić information content (AvgIpc) is 2.78.